The zero-order chi connectivity index (χ0) is 25.9. The molecule has 2 aliphatic rings. The van der Waals surface area contributed by atoms with E-state index in [4.69, 9.17) is 0 Å². The Morgan fingerprint density at radius 2 is 1.81 bits per heavy atom. The molecule has 11 heteroatoms. The maximum absolute atomic E-state index is 13.0. The summed E-state index contributed by atoms with van der Waals surface area (Å²) >= 11 is 3.52. The molecule has 5 rings (SSSR count). The van der Waals surface area contributed by atoms with Crippen molar-refractivity contribution < 1.29 is 4.79 Å². The number of H-pyrrole nitrogens is 1. The molecular formula is C26H36BrN9O. The second kappa shape index (κ2) is 11.2. The minimum absolute atomic E-state index is 0.0364. The minimum atomic E-state index is -0.0364. The van der Waals surface area contributed by atoms with Crippen LogP contribution in [0.1, 0.15) is 42.6 Å². The highest BCUT2D eigenvalue weighted by Gasteiger charge is 2.25. The topological polar surface area (TPSA) is 105 Å². The number of carbonyl (C=O) groups is 1. The van der Waals surface area contributed by atoms with E-state index in [2.05, 4.69) is 68.4 Å². The number of piperazine rings is 1. The zero-order valence-corrected chi connectivity index (χ0v) is 23.4. The summed E-state index contributed by atoms with van der Waals surface area (Å²) in [5, 5.41) is 14.8. The van der Waals surface area contributed by atoms with E-state index in [-0.39, 0.29) is 11.9 Å². The molecular weight excluding hydrogens is 534 g/mol. The lowest BCUT2D eigenvalue weighted by Crippen LogP contribution is -2.47. The van der Waals surface area contributed by atoms with Crippen LogP contribution in [0.3, 0.4) is 0 Å². The highest BCUT2D eigenvalue weighted by Crippen LogP contribution is 2.32. The molecule has 0 aliphatic carbocycles. The third kappa shape index (κ3) is 5.67. The summed E-state index contributed by atoms with van der Waals surface area (Å²) in [6, 6.07) is 4.13. The second-order valence-electron chi connectivity index (χ2n) is 10.2. The lowest BCUT2D eigenvalue weighted by molar-refractivity contribution is 0.0943. The third-order valence-corrected chi connectivity index (χ3v) is 7.79. The molecule has 3 N–H and O–H groups in total. The van der Waals surface area contributed by atoms with Crippen LogP contribution in [0.2, 0.25) is 0 Å². The Morgan fingerprint density at radius 1 is 1.08 bits per heavy atom. The van der Waals surface area contributed by atoms with Gasteiger partial charge >= 0.3 is 0 Å². The molecule has 10 nitrogen and oxygen atoms in total. The van der Waals surface area contributed by atoms with E-state index in [1.807, 2.05) is 26.0 Å². The maximum Gasteiger partial charge on any atom is 0.251 e. The fourth-order valence-corrected chi connectivity index (χ4v) is 5.70. The Labute approximate surface area is 226 Å². The van der Waals surface area contributed by atoms with Crippen LogP contribution in [0.4, 0.5) is 17.2 Å². The Hall–Kier alpha value is -2.92. The maximum atomic E-state index is 13.0. The molecule has 0 atom stereocenters. The molecule has 37 heavy (non-hydrogen) atoms. The number of halogens is 1. The van der Waals surface area contributed by atoms with Gasteiger partial charge in [0.1, 0.15) is 16.7 Å². The molecule has 0 saturated carbocycles. The molecule has 0 bridgehead atoms. The molecule has 0 radical (unpaired) electrons. The Balaban J connectivity index is 1.35. The van der Waals surface area contributed by atoms with Gasteiger partial charge in [0.2, 0.25) is 0 Å². The quantitative estimate of drug-likeness (QED) is 0.379. The van der Waals surface area contributed by atoms with Gasteiger partial charge in [-0.3, -0.25) is 9.89 Å². The Bertz CT molecular complexity index is 1250. The van der Waals surface area contributed by atoms with Crippen LogP contribution in [-0.4, -0.2) is 89.4 Å². The second-order valence-corrected chi connectivity index (χ2v) is 10.9. The van der Waals surface area contributed by atoms with Crippen molar-refractivity contribution in [3.63, 3.8) is 0 Å². The third-order valence-electron chi connectivity index (χ3n) is 7.22. The van der Waals surface area contributed by atoms with Crippen molar-refractivity contribution in [1.82, 2.24) is 30.4 Å². The lowest BCUT2D eigenvalue weighted by atomic mass is 10.0. The standard InChI is InChI=1S/C26H36BrN9O/c1-17(2)31-26(37)19-14-20(28-6-9-34-7-4-5-8-34)18(3)21(15-19)35-10-12-36(13-11-35)25-22-23(27)32-33-24(22)29-16-30-25/h14-17,28H,4-13H2,1-3H3,(H,31,37)(H,29,30,32,33). The van der Waals surface area contributed by atoms with Gasteiger partial charge in [0, 0.05) is 62.2 Å². The van der Waals surface area contributed by atoms with Crippen LogP contribution >= 0.6 is 15.9 Å². The van der Waals surface area contributed by atoms with Crippen molar-refractivity contribution in [2.24, 2.45) is 0 Å². The summed E-state index contributed by atoms with van der Waals surface area (Å²) in [6.07, 6.45) is 4.16. The molecule has 4 heterocycles. The van der Waals surface area contributed by atoms with E-state index in [0.29, 0.717) is 5.56 Å². The predicted molar refractivity (Wildman–Crippen MR) is 152 cm³/mol. The number of fused-ring (bicyclic) bond motifs is 1. The van der Waals surface area contributed by atoms with Gasteiger partial charge in [-0.1, -0.05) is 0 Å². The molecule has 2 saturated heterocycles. The zero-order valence-electron chi connectivity index (χ0n) is 21.8. The van der Waals surface area contributed by atoms with Crippen molar-refractivity contribution in [1.29, 1.82) is 0 Å². The van der Waals surface area contributed by atoms with Crippen LogP contribution in [0.5, 0.6) is 0 Å². The molecule has 198 valence electrons. The van der Waals surface area contributed by atoms with E-state index in [1.165, 1.54) is 31.5 Å². The van der Waals surface area contributed by atoms with Gasteiger partial charge in [-0.25, -0.2) is 9.97 Å². The minimum Gasteiger partial charge on any atom is -0.383 e. The fraction of sp³-hybridized carbons (Fsp3) is 0.538. The number of rotatable bonds is 8. The smallest absolute Gasteiger partial charge is 0.251 e. The molecule has 1 amide bonds. The first-order valence-corrected chi connectivity index (χ1v) is 14.0. The number of aromatic amines is 1. The van der Waals surface area contributed by atoms with E-state index >= 15 is 0 Å². The van der Waals surface area contributed by atoms with Gasteiger partial charge in [0.05, 0.1) is 5.39 Å². The number of carbonyl (C=O) groups excluding carboxylic acids is 1. The number of amides is 1. The number of likely N-dealkylation sites (tertiary alicyclic amines) is 1. The summed E-state index contributed by atoms with van der Waals surface area (Å²) in [5.41, 5.74) is 4.74. The Kier molecular flexibility index (Phi) is 7.80. The van der Waals surface area contributed by atoms with E-state index < -0.39 is 0 Å². The normalized spacial score (nSPS) is 16.7. The van der Waals surface area contributed by atoms with E-state index in [9.17, 15) is 4.79 Å². The average molecular weight is 571 g/mol. The van der Waals surface area contributed by atoms with Crippen LogP contribution in [0.15, 0.2) is 23.1 Å². The van der Waals surface area contributed by atoms with Gasteiger partial charge in [-0.05, 0) is 80.3 Å². The Morgan fingerprint density at radius 3 is 2.54 bits per heavy atom. The largest absolute Gasteiger partial charge is 0.383 e. The molecule has 2 fully saturated rings. The summed E-state index contributed by atoms with van der Waals surface area (Å²) in [6.45, 7) is 13.6. The molecule has 0 unspecified atom stereocenters. The van der Waals surface area contributed by atoms with E-state index in [1.54, 1.807) is 6.33 Å². The van der Waals surface area contributed by atoms with Gasteiger partial charge in [-0.15, -0.1) is 0 Å². The highest BCUT2D eigenvalue weighted by atomic mass is 79.9. The molecule has 2 aromatic heterocycles. The number of nitrogens with one attached hydrogen (secondary N) is 3. The van der Waals surface area contributed by atoms with Gasteiger partial charge in [-0.2, -0.15) is 5.10 Å². The van der Waals surface area contributed by atoms with E-state index in [0.717, 1.165) is 72.1 Å². The lowest BCUT2D eigenvalue weighted by Gasteiger charge is -2.38. The van der Waals surface area contributed by atoms with Crippen LogP contribution < -0.4 is 20.4 Å². The van der Waals surface area contributed by atoms with Gasteiger partial charge < -0.3 is 25.3 Å². The average Bonchev–Trinajstić information content (AvgIpc) is 3.55. The fourth-order valence-electron chi connectivity index (χ4n) is 5.25. The summed E-state index contributed by atoms with van der Waals surface area (Å²) < 4.78 is 0.727. The van der Waals surface area contributed by atoms with Crippen molar-refractivity contribution in [2.45, 2.75) is 39.7 Å². The SMILES string of the molecule is Cc1c(NCCN2CCCC2)cc(C(=O)NC(C)C)cc1N1CCN(c2ncnc3[nH]nc(Br)c23)CC1. The van der Waals surface area contributed by atoms with Crippen molar-refractivity contribution in [3.05, 3.63) is 34.2 Å². The number of benzene rings is 1. The highest BCUT2D eigenvalue weighted by molar-refractivity contribution is 9.10. The van der Waals surface area contributed by atoms with Crippen LogP contribution in [0.25, 0.3) is 11.0 Å². The molecule has 0 spiro atoms. The number of aromatic nitrogens is 4. The predicted octanol–water partition coefficient (Wildman–Crippen LogP) is 3.40. The molecule has 3 aromatic rings. The van der Waals surface area contributed by atoms with Crippen molar-refractivity contribution >= 4 is 50.1 Å². The molecule has 1 aromatic carbocycles. The van der Waals surface area contributed by atoms with Gasteiger partial charge in [0.15, 0.2) is 5.65 Å². The number of anilines is 3. The van der Waals surface area contributed by atoms with Gasteiger partial charge in [0.25, 0.3) is 5.91 Å². The van der Waals surface area contributed by atoms with Crippen molar-refractivity contribution in [2.75, 3.05) is 67.5 Å². The first-order valence-electron chi connectivity index (χ1n) is 13.2. The molecule has 2 aliphatic heterocycles. The monoisotopic (exact) mass is 569 g/mol. The van der Waals surface area contributed by atoms with Crippen LogP contribution in [-0.2, 0) is 0 Å². The summed E-state index contributed by atoms with van der Waals surface area (Å²) in [7, 11) is 0. The van der Waals surface area contributed by atoms with Crippen LogP contribution in [0, 0.1) is 6.92 Å². The number of hydrogen-bond acceptors (Lipinski definition) is 8. The first kappa shape index (κ1) is 25.7. The number of hydrogen-bond donors (Lipinski definition) is 3. The number of nitrogens with zero attached hydrogens (tertiary/aromatic N) is 6. The summed E-state index contributed by atoms with van der Waals surface area (Å²) in [4.78, 5) is 29.0. The first-order chi connectivity index (χ1) is 17.9. The van der Waals surface area contributed by atoms with Crippen molar-refractivity contribution in [3.8, 4) is 0 Å². The summed E-state index contributed by atoms with van der Waals surface area (Å²) in [5.74, 6) is 0.849.